The molecule has 14 N–H and O–H groups in total. The van der Waals surface area contributed by atoms with E-state index in [0.717, 1.165) is 0 Å². The molecule has 0 unspecified atom stereocenters. The molecule has 294 valence electrons. The van der Waals surface area contributed by atoms with Crippen molar-refractivity contribution >= 4 is 23.8 Å². The van der Waals surface area contributed by atoms with Gasteiger partial charge in [0.15, 0.2) is 0 Å². The minimum absolute atomic E-state index is 0.00820. The van der Waals surface area contributed by atoms with Crippen LogP contribution in [0.2, 0.25) is 0 Å². The summed E-state index contributed by atoms with van der Waals surface area (Å²) in [6, 6.07) is -3.24. The van der Waals surface area contributed by atoms with Gasteiger partial charge in [0.25, 0.3) is 0 Å². The van der Waals surface area contributed by atoms with Crippen LogP contribution in [0.4, 0.5) is 4.79 Å². The Morgan fingerprint density at radius 1 is 0.640 bits per heavy atom. The molecular formula is C30H59N5O15. The number of aliphatic hydroxyl groups excluding tert-OH is 10. The number of nitrogens with one attached hydrogen (secondary N) is 4. The average Bonchev–Trinajstić information content (AvgIpc) is 3.05. The van der Waals surface area contributed by atoms with Gasteiger partial charge >= 0.3 is 6.09 Å². The summed E-state index contributed by atoms with van der Waals surface area (Å²) < 4.78 is 5.11. The fraction of sp³-hybridized carbons (Fsp3) is 0.867. The molecule has 0 radical (unpaired) electrons. The van der Waals surface area contributed by atoms with E-state index >= 15 is 0 Å². The van der Waals surface area contributed by atoms with Gasteiger partial charge in [-0.2, -0.15) is 0 Å². The van der Waals surface area contributed by atoms with E-state index < -0.39 is 123 Å². The quantitative estimate of drug-likeness (QED) is 0.0435. The monoisotopic (exact) mass is 729 g/mol. The number of amides is 4. The second kappa shape index (κ2) is 22.9. The van der Waals surface area contributed by atoms with Gasteiger partial charge in [-0.05, 0) is 60.4 Å². The van der Waals surface area contributed by atoms with E-state index in [9.17, 15) is 60.0 Å². The first-order valence-corrected chi connectivity index (χ1v) is 16.3. The van der Waals surface area contributed by atoms with E-state index in [0.29, 0.717) is 0 Å². The van der Waals surface area contributed by atoms with Crippen LogP contribution in [0.1, 0.15) is 53.9 Å². The first kappa shape index (κ1) is 47.2. The van der Waals surface area contributed by atoms with Crippen molar-refractivity contribution in [2.45, 2.75) is 126 Å². The number of carbonyl (C=O) groups is 4. The molecule has 20 heteroatoms. The number of hydrogen-bond donors (Lipinski definition) is 14. The van der Waals surface area contributed by atoms with E-state index in [-0.39, 0.29) is 25.8 Å². The van der Waals surface area contributed by atoms with Crippen molar-refractivity contribution < 1.29 is 75.0 Å². The van der Waals surface area contributed by atoms with Gasteiger partial charge in [-0.25, -0.2) is 4.79 Å². The maximum atomic E-state index is 12.9. The van der Waals surface area contributed by atoms with Crippen LogP contribution in [0.15, 0.2) is 0 Å². The lowest BCUT2D eigenvalue weighted by molar-refractivity contribution is -0.132. The lowest BCUT2D eigenvalue weighted by Gasteiger charge is -2.33. The zero-order chi connectivity index (χ0) is 38.9. The molecule has 11 atom stereocenters. The molecule has 0 aromatic carbocycles. The van der Waals surface area contributed by atoms with Crippen LogP contribution in [0.5, 0.6) is 0 Å². The number of alkyl carbamates (subject to hydrolysis) is 1. The Morgan fingerprint density at radius 2 is 1.06 bits per heavy atom. The smallest absolute Gasteiger partial charge is 0.408 e. The van der Waals surface area contributed by atoms with E-state index in [4.69, 9.17) is 14.9 Å². The summed E-state index contributed by atoms with van der Waals surface area (Å²) in [6.07, 6.45) is -15.1. The summed E-state index contributed by atoms with van der Waals surface area (Å²) >= 11 is 0. The van der Waals surface area contributed by atoms with Gasteiger partial charge in [-0.1, -0.05) is 0 Å². The zero-order valence-electron chi connectivity index (χ0n) is 29.5. The number of unbranched alkanes of at least 4 members (excludes halogenated alkanes) is 1. The van der Waals surface area contributed by atoms with E-state index in [2.05, 4.69) is 21.3 Å². The molecule has 50 heavy (non-hydrogen) atoms. The van der Waals surface area contributed by atoms with Crippen molar-refractivity contribution in [3.05, 3.63) is 0 Å². The number of carbonyl (C=O) groups excluding carboxylic acids is 4. The van der Waals surface area contributed by atoms with Gasteiger partial charge < -0.3 is 77.1 Å². The largest absolute Gasteiger partial charge is 0.444 e. The highest BCUT2D eigenvalue weighted by molar-refractivity contribution is 5.93. The Morgan fingerprint density at radius 3 is 1.48 bits per heavy atom. The Kier molecular flexibility index (Phi) is 21.7. The molecule has 0 fully saturated rings. The third kappa shape index (κ3) is 17.4. The number of ether oxygens (including phenoxy) is 1. The van der Waals surface area contributed by atoms with E-state index in [1.54, 1.807) is 20.8 Å². The first-order chi connectivity index (χ1) is 23.1. The number of nitrogens with zero attached hydrogens (tertiary/aromatic N) is 1. The lowest BCUT2D eigenvalue weighted by Crippen LogP contribution is -2.55. The van der Waals surface area contributed by atoms with Crippen LogP contribution in [0.25, 0.3) is 0 Å². The molecule has 0 aliphatic carbocycles. The van der Waals surface area contributed by atoms with Gasteiger partial charge in [0.1, 0.15) is 60.4 Å². The predicted molar refractivity (Wildman–Crippen MR) is 175 cm³/mol. The van der Waals surface area contributed by atoms with Crippen LogP contribution in [-0.4, -0.2) is 192 Å². The second-order valence-electron chi connectivity index (χ2n) is 13.1. The van der Waals surface area contributed by atoms with Crippen LogP contribution in [0.3, 0.4) is 0 Å². The van der Waals surface area contributed by atoms with Crippen molar-refractivity contribution in [1.29, 1.82) is 0 Å². The minimum atomic E-state index is -1.95. The topological polar surface area (TPSA) is 331 Å². The Balaban J connectivity index is 5.47. The normalized spacial score (nSPS) is 18.7. The Bertz CT molecular complexity index is 1010. The third-order valence-corrected chi connectivity index (χ3v) is 7.52. The molecular weight excluding hydrogens is 670 g/mol. The van der Waals surface area contributed by atoms with Crippen molar-refractivity contribution in [2.24, 2.45) is 0 Å². The fourth-order valence-electron chi connectivity index (χ4n) is 4.51. The van der Waals surface area contributed by atoms with Crippen molar-refractivity contribution in [1.82, 2.24) is 26.2 Å². The van der Waals surface area contributed by atoms with E-state index in [1.807, 2.05) is 0 Å². The molecule has 20 nitrogen and oxygen atoms in total. The fourth-order valence-corrected chi connectivity index (χ4v) is 4.51. The summed E-state index contributed by atoms with van der Waals surface area (Å²) in [5, 5.41) is 109. The molecule has 0 rings (SSSR count). The van der Waals surface area contributed by atoms with Gasteiger partial charge in [0, 0.05) is 20.1 Å². The summed E-state index contributed by atoms with van der Waals surface area (Å²) in [5.74, 6) is -1.95. The lowest BCUT2D eigenvalue weighted by atomic mass is 10.0. The van der Waals surface area contributed by atoms with Crippen LogP contribution < -0.4 is 21.3 Å². The molecule has 0 aliphatic heterocycles. The van der Waals surface area contributed by atoms with Gasteiger partial charge in [-0.15, -0.1) is 0 Å². The molecule has 0 saturated carbocycles. The highest BCUT2D eigenvalue weighted by atomic mass is 16.6. The summed E-state index contributed by atoms with van der Waals surface area (Å²) in [7, 11) is 1.35. The number of rotatable bonds is 23. The highest BCUT2D eigenvalue weighted by Crippen LogP contribution is 2.13. The number of aliphatic hydroxyl groups is 10. The molecule has 4 amide bonds. The van der Waals surface area contributed by atoms with Crippen molar-refractivity contribution in [3.8, 4) is 0 Å². The summed E-state index contributed by atoms with van der Waals surface area (Å²) in [4.78, 5) is 51.2. The number of likely N-dealkylation sites (N-methyl/N-ethyl adjacent to an activating group) is 1. The predicted octanol–water partition coefficient (Wildman–Crippen LogP) is -6.02. The Labute approximate surface area is 291 Å². The maximum Gasteiger partial charge on any atom is 0.408 e. The molecule has 0 saturated heterocycles. The number of hydrogen-bond acceptors (Lipinski definition) is 16. The SMILES string of the molecule is CNC(=O)[C@H](CCCCN(C[C@H](O)[C@@H](O)[C@H](O)[C@H](O)CO)C[C@H](O)[C@@H](O)[C@H](O)[C@H](O)CO)NC(=O)[C@H](C)NC(=O)[C@H](C)NC(=O)OC(C)(C)C. The molecule has 0 heterocycles. The van der Waals surface area contributed by atoms with E-state index in [1.165, 1.54) is 25.8 Å². The highest BCUT2D eigenvalue weighted by Gasteiger charge is 2.34. The minimum Gasteiger partial charge on any atom is -0.444 e. The van der Waals surface area contributed by atoms with Gasteiger partial charge in [-0.3, -0.25) is 19.3 Å². The standard InChI is InChI=1S/C30H59N5O15/c1-15(32-26(46)16(2)33-29(49)50-30(3,4)5)27(47)34-17(28(48)31-6)9-7-8-10-35(11-18(38)22(42)24(44)20(40)13-36)12-19(39)23(43)25(45)21(41)14-37/h15-25,36-45H,7-14H2,1-6H3,(H,31,48)(H,32,46)(H,33,49)(H,34,47)/t15-,16-,17-,18-,19-,20+,21+,22+,23+,24+,25+/m0/s1. The Hall–Kier alpha value is -2.76. The molecule has 0 aliphatic rings. The van der Waals surface area contributed by atoms with Crippen molar-refractivity contribution in [3.63, 3.8) is 0 Å². The summed E-state index contributed by atoms with van der Waals surface area (Å²) in [6.45, 7) is 4.96. The average molecular weight is 730 g/mol. The second-order valence-corrected chi connectivity index (χ2v) is 13.1. The molecule has 0 aromatic heterocycles. The third-order valence-electron chi connectivity index (χ3n) is 7.52. The molecule has 0 aromatic rings. The van der Waals surface area contributed by atoms with Gasteiger partial charge in [0.2, 0.25) is 17.7 Å². The zero-order valence-corrected chi connectivity index (χ0v) is 29.5. The van der Waals surface area contributed by atoms with Crippen LogP contribution >= 0.6 is 0 Å². The maximum absolute atomic E-state index is 12.9. The molecule has 0 spiro atoms. The molecule has 0 bridgehead atoms. The van der Waals surface area contributed by atoms with Crippen molar-refractivity contribution in [2.75, 3.05) is 39.9 Å². The van der Waals surface area contributed by atoms with Gasteiger partial charge in [0.05, 0.1) is 25.4 Å². The van der Waals surface area contributed by atoms with Crippen LogP contribution in [0, 0.1) is 0 Å². The van der Waals surface area contributed by atoms with Crippen LogP contribution in [-0.2, 0) is 19.1 Å². The summed E-state index contributed by atoms with van der Waals surface area (Å²) in [5.41, 5.74) is -0.794. The first-order valence-electron chi connectivity index (χ1n) is 16.3.